The molecule has 2 aromatic rings. The molecule has 0 N–H and O–H groups in total. The van der Waals surface area contributed by atoms with Gasteiger partial charge in [0.2, 0.25) is 0 Å². The quantitative estimate of drug-likeness (QED) is 0.598. The molecule has 1 fully saturated rings. The van der Waals surface area contributed by atoms with Gasteiger partial charge < -0.3 is 9.47 Å². The molecule has 6 heteroatoms. The monoisotopic (exact) mass is 366 g/mol. The van der Waals surface area contributed by atoms with Crippen LogP contribution in [0.5, 0.6) is 11.5 Å². The number of fused-ring (bicyclic) bond motifs is 2. The highest BCUT2D eigenvalue weighted by Gasteiger charge is 2.42. The van der Waals surface area contributed by atoms with Crippen LogP contribution >= 0.6 is 0 Å². The number of aliphatic imine (C=N–C) groups is 1. The van der Waals surface area contributed by atoms with Gasteiger partial charge >= 0.3 is 0 Å². The normalized spacial score (nSPS) is 17.3. The zero-order chi connectivity index (χ0) is 19.0. The maximum absolute atomic E-state index is 11.6. The summed E-state index contributed by atoms with van der Waals surface area (Å²) in [6, 6.07) is 10.7. The van der Waals surface area contributed by atoms with Gasteiger partial charge in [-0.25, -0.2) is 0 Å². The lowest BCUT2D eigenvalue weighted by Crippen LogP contribution is -2.33. The van der Waals surface area contributed by atoms with Crippen molar-refractivity contribution in [1.29, 1.82) is 0 Å². The van der Waals surface area contributed by atoms with Gasteiger partial charge in [-0.3, -0.25) is 15.1 Å². The van der Waals surface area contributed by atoms with Crippen LogP contribution in [0, 0.1) is 10.1 Å². The number of nitrogens with zero attached hydrogens (tertiary/aromatic N) is 2. The van der Waals surface area contributed by atoms with Gasteiger partial charge in [-0.2, -0.15) is 0 Å². The summed E-state index contributed by atoms with van der Waals surface area (Å²) in [6.45, 7) is 0.650. The molecule has 27 heavy (non-hydrogen) atoms. The lowest BCUT2D eigenvalue weighted by Gasteiger charge is -2.35. The SMILES string of the molecule is COc1cc2c(cc1OC)C1(CCCC1)CN=C2c1ccccc1[N+](=O)[O-]. The summed E-state index contributed by atoms with van der Waals surface area (Å²) in [5.74, 6) is 1.30. The summed E-state index contributed by atoms with van der Waals surface area (Å²) in [5, 5.41) is 11.6. The first kappa shape index (κ1) is 17.5. The molecular formula is C21H22N2O4. The minimum Gasteiger partial charge on any atom is -0.493 e. The molecule has 0 bridgehead atoms. The van der Waals surface area contributed by atoms with Crippen molar-refractivity contribution in [3.05, 3.63) is 63.2 Å². The van der Waals surface area contributed by atoms with Crippen LogP contribution in [0.2, 0.25) is 0 Å². The fraction of sp³-hybridized carbons (Fsp3) is 0.381. The Bertz CT molecular complexity index is 930. The molecule has 1 heterocycles. The van der Waals surface area contributed by atoms with Gasteiger partial charge in [-0.05, 0) is 36.6 Å². The molecule has 6 nitrogen and oxygen atoms in total. The Labute approximate surface area is 158 Å². The van der Waals surface area contributed by atoms with Gasteiger partial charge in [0, 0.05) is 23.6 Å². The maximum Gasteiger partial charge on any atom is 0.278 e. The van der Waals surface area contributed by atoms with Crippen LogP contribution in [-0.2, 0) is 5.41 Å². The zero-order valence-electron chi connectivity index (χ0n) is 15.5. The first-order valence-corrected chi connectivity index (χ1v) is 9.15. The van der Waals surface area contributed by atoms with Crippen LogP contribution in [0.25, 0.3) is 0 Å². The number of para-hydroxylation sites is 1. The molecule has 2 aliphatic rings. The molecular weight excluding hydrogens is 344 g/mol. The molecule has 140 valence electrons. The third-order valence-electron chi connectivity index (χ3n) is 5.81. The lowest BCUT2D eigenvalue weighted by atomic mass is 9.73. The number of ether oxygens (including phenoxy) is 2. The molecule has 0 saturated heterocycles. The second-order valence-corrected chi connectivity index (χ2v) is 7.18. The average molecular weight is 366 g/mol. The van der Waals surface area contributed by atoms with Crippen LogP contribution in [0.4, 0.5) is 5.69 Å². The van der Waals surface area contributed by atoms with Crippen LogP contribution in [0.3, 0.4) is 0 Å². The van der Waals surface area contributed by atoms with Crippen LogP contribution in [-0.4, -0.2) is 31.4 Å². The van der Waals surface area contributed by atoms with E-state index in [1.165, 1.54) is 24.5 Å². The van der Waals surface area contributed by atoms with Crippen molar-refractivity contribution in [3.8, 4) is 11.5 Å². The Morgan fingerprint density at radius 2 is 1.70 bits per heavy atom. The minimum atomic E-state index is -0.349. The number of hydrogen-bond acceptors (Lipinski definition) is 5. The van der Waals surface area contributed by atoms with E-state index < -0.39 is 0 Å². The zero-order valence-corrected chi connectivity index (χ0v) is 15.5. The van der Waals surface area contributed by atoms with Gasteiger partial charge in [-0.1, -0.05) is 25.0 Å². The van der Waals surface area contributed by atoms with Crippen molar-refractivity contribution in [2.24, 2.45) is 4.99 Å². The molecule has 1 aliphatic carbocycles. The van der Waals surface area contributed by atoms with Crippen LogP contribution < -0.4 is 9.47 Å². The number of rotatable bonds is 4. The van der Waals surface area contributed by atoms with Crippen molar-refractivity contribution in [2.75, 3.05) is 20.8 Å². The van der Waals surface area contributed by atoms with Crippen LogP contribution in [0.15, 0.2) is 41.4 Å². The Morgan fingerprint density at radius 3 is 2.37 bits per heavy atom. The highest BCUT2D eigenvalue weighted by atomic mass is 16.6. The Morgan fingerprint density at radius 1 is 1.04 bits per heavy atom. The van der Waals surface area contributed by atoms with Crippen molar-refractivity contribution in [3.63, 3.8) is 0 Å². The molecule has 4 rings (SSSR count). The number of hydrogen-bond donors (Lipinski definition) is 0. The molecule has 0 atom stereocenters. The van der Waals surface area contributed by atoms with Gasteiger partial charge in [0.25, 0.3) is 5.69 Å². The van der Waals surface area contributed by atoms with E-state index >= 15 is 0 Å². The van der Waals surface area contributed by atoms with Gasteiger partial charge in [-0.15, -0.1) is 0 Å². The first-order valence-electron chi connectivity index (χ1n) is 9.15. The molecule has 1 aliphatic heterocycles. The second kappa shape index (κ2) is 6.68. The highest BCUT2D eigenvalue weighted by molar-refractivity contribution is 6.17. The van der Waals surface area contributed by atoms with Crippen molar-refractivity contribution in [1.82, 2.24) is 0 Å². The Hall–Kier alpha value is -2.89. The molecule has 0 radical (unpaired) electrons. The summed E-state index contributed by atoms with van der Waals surface area (Å²) in [7, 11) is 3.23. The summed E-state index contributed by atoms with van der Waals surface area (Å²) in [5.41, 5.74) is 3.34. The third kappa shape index (κ3) is 2.76. The molecule has 0 amide bonds. The largest absolute Gasteiger partial charge is 0.493 e. The van der Waals surface area contributed by atoms with Crippen molar-refractivity contribution >= 4 is 11.4 Å². The van der Waals surface area contributed by atoms with E-state index in [1.54, 1.807) is 26.4 Å². The number of nitro groups is 1. The standard InChI is InChI=1S/C21H22N2O4/c1-26-18-11-15-16(12-19(18)27-2)21(9-5-6-10-21)13-22-20(15)14-7-3-4-8-17(14)23(24)25/h3-4,7-8,11-12H,5-6,9-10,13H2,1-2H3. The van der Waals surface area contributed by atoms with Gasteiger partial charge in [0.1, 0.15) is 0 Å². The van der Waals surface area contributed by atoms with E-state index in [-0.39, 0.29) is 16.0 Å². The lowest BCUT2D eigenvalue weighted by molar-refractivity contribution is -0.385. The van der Waals surface area contributed by atoms with Crippen LogP contribution in [0.1, 0.15) is 42.4 Å². The number of nitro benzene ring substituents is 1. The second-order valence-electron chi connectivity index (χ2n) is 7.18. The Balaban J connectivity index is 1.96. The number of methoxy groups -OCH3 is 2. The summed E-state index contributed by atoms with van der Waals surface area (Å²) in [4.78, 5) is 16.1. The predicted octanol–water partition coefficient (Wildman–Crippen LogP) is 4.27. The predicted molar refractivity (Wildman–Crippen MR) is 103 cm³/mol. The Kier molecular flexibility index (Phi) is 4.34. The van der Waals surface area contributed by atoms with E-state index in [4.69, 9.17) is 14.5 Å². The third-order valence-corrected chi connectivity index (χ3v) is 5.81. The minimum absolute atomic E-state index is 0.0120. The first-order chi connectivity index (χ1) is 13.1. The van der Waals surface area contributed by atoms with E-state index in [1.807, 2.05) is 18.2 Å². The van der Waals surface area contributed by atoms with Gasteiger partial charge in [0.05, 0.1) is 30.4 Å². The summed E-state index contributed by atoms with van der Waals surface area (Å²) in [6.07, 6.45) is 4.49. The molecule has 2 aromatic carbocycles. The van der Waals surface area contributed by atoms with E-state index in [0.29, 0.717) is 29.3 Å². The molecule has 1 spiro atoms. The highest BCUT2D eigenvalue weighted by Crippen LogP contribution is 2.48. The van der Waals surface area contributed by atoms with Crippen molar-refractivity contribution < 1.29 is 14.4 Å². The van der Waals surface area contributed by atoms with Crippen molar-refractivity contribution in [2.45, 2.75) is 31.1 Å². The maximum atomic E-state index is 11.6. The summed E-state index contributed by atoms with van der Waals surface area (Å²) < 4.78 is 11.0. The van der Waals surface area contributed by atoms with E-state index in [2.05, 4.69) is 0 Å². The fourth-order valence-electron chi connectivity index (χ4n) is 4.46. The van der Waals surface area contributed by atoms with Gasteiger partial charge in [0.15, 0.2) is 11.5 Å². The molecule has 0 unspecified atom stereocenters. The average Bonchev–Trinajstić information content (AvgIpc) is 3.16. The topological polar surface area (TPSA) is 74.0 Å². The van der Waals surface area contributed by atoms with E-state index in [0.717, 1.165) is 18.4 Å². The smallest absolute Gasteiger partial charge is 0.278 e. The fourth-order valence-corrected chi connectivity index (χ4v) is 4.46. The summed E-state index contributed by atoms with van der Waals surface area (Å²) >= 11 is 0. The molecule has 0 aromatic heterocycles. The van der Waals surface area contributed by atoms with E-state index in [9.17, 15) is 10.1 Å². The molecule has 1 saturated carbocycles. The number of benzene rings is 2.